The zero-order chi connectivity index (χ0) is 30.2. The summed E-state index contributed by atoms with van der Waals surface area (Å²) in [7, 11) is -4.24. The van der Waals surface area contributed by atoms with Crippen LogP contribution in [0.2, 0.25) is 5.02 Å². The van der Waals surface area contributed by atoms with E-state index < -0.39 is 34.3 Å². The summed E-state index contributed by atoms with van der Waals surface area (Å²) in [6.07, 6.45) is 0.690. The first kappa shape index (κ1) is 31.9. The van der Waals surface area contributed by atoms with Gasteiger partial charge in [0.1, 0.15) is 24.2 Å². The highest BCUT2D eigenvalue weighted by atomic mass is 35.5. The van der Waals surface area contributed by atoms with Crippen LogP contribution in [-0.4, -0.2) is 50.4 Å². The first-order valence-electron chi connectivity index (χ1n) is 13.3. The summed E-state index contributed by atoms with van der Waals surface area (Å²) in [6, 6.07) is 16.5. The van der Waals surface area contributed by atoms with E-state index in [1.165, 1.54) is 53.4 Å². The maximum absolute atomic E-state index is 13.9. The van der Waals surface area contributed by atoms with Gasteiger partial charge in [-0.1, -0.05) is 30.7 Å². The molecule has 0 heterocycles. The smallest absolute Gasteiger partial charge is 0.264 e. The third-order valence-corrected chi connectivity index (χ3v) is 8.59. The minimum atomic E-state index is -4.24. The number of benzene rings is 3. The Morgan fingerprint density at radius 2 is 1.56 bits per heavy atom. The average molecular weight is 604 g/mol. The Labute approximate surface area is 246 Å². The molecule has 41 heavy (non-hydrogen) atoms. The third-order valence-electron chi connectivity index (χ3n) is 6.55. The molecule has 0 aromatic heterocycles. The molecule has 11 heteroatoms. The van der Waals surface area contributed by atoms with Crippen LogP contribution in [0, 0.1) is 5.82 Å². The standard InChI is InChI=1S/C30H35ClFN3O5S/c1-5-21(3)33-30(37)22(4)34(19-23-7-11-25(32)12-8-23)29(36)20-35(26-13-15-27(16-14-26)40-6-2)41(38,39)28-17-9-24(31)10-18-28/h7-18,21-22H,5-6,19-20H2,1-4H3,(H,33,37)/t21-,22-/m0/s1. The molecule has 2 atom stereocenters. The SMILES string of the molecule is CCOc1ccc(N(CC(=O)N(Cc2ccc(F)cc2)[C@@H](C)C(=O)N[C@@H](C)CC)S(=O)(=O)c2ccc(Cl)cc2)cc1. The number of hydrogen-bond donors (Lipinski definition) is 1. The molecule has 3 rings (SSSR count). The van der Waals surface area contributed by atoms with Gasteiger partial charge in [-0.2, -0.15) is 0 Å². The van der Waals surface area contributed by atoms with Gasteiger partial charge in [0.2, 0.25) is 11.8 Å². The number of carbonyl (C=O) groups excluding carboxylic acids is 2. The molecule has 0 aliphatic carbocycles. The molecule has 3 aromatic carbocycles. The molecule has 0 unspecified atom stereocenters. The van der Waals surface area contributed by atoms with Crippen LogP contribution in [0.15, 0.2) is 77.7 Å². The lowest BCUT2D eigenvalue weighted by Crippen LogP contribution is -2.52. The van der Waals surface area contributed by atoms with Crippen molar-refractivity contribution in [2.75, 3.05) is 17.5 Å². The van der Waals surface area contributed by atoms with Crippen LogP contribution in [-0.2, 0) is 26.2 Å². The number of ether oxygens (including phenoxy) is 1. The molecule has 3 aromatic rings. The van der Waals surface area contributed by atoms with Gasteiger partial charge < -0.3 is 15.0 Å². The second-order valence-corrected chi connectivity index (χ2v) is 11.8. The van der Waals surface area contributed by atoms with E-state index in [4.69, 9.17) is 16.3 Å². The molecular weight excluding hydrogens is 569 g/mol. The van der Waals surface area contributed by atoms with Crippen molar-refractivity contribution in [1.29, 1.82) is 0 Å². The van der Waals surface area contributed by atoms with E-state index in [-0.39, 0.29) is 29.1 Å². The zero-order valence-electron chi connectivity index (χ0n) is 23.5. The Kier molecular flexibility index (Phi) is 11.1. The minimum absolute atomic E-state index is 0.0354. The molecule has 0 aliphatic rings. The topological polar surface area (TPSA) is 96.0 Å². The Morgan fingerprint density at radius 3 is 2.12 bits per heavy atom. The molecule has 1 N–H and O–H groups in total. The molecule has 0 radical (unpaired) electrons. The normalized spacial score (nSPS) is 12.7. The van der Waals surface area contributed by atoms with E-state index in [0.717, 1.165) is 4.31 Å². The molecule has 0 saturated carbocycles. The molecule has 0 saturated heterocycles. The van der Waals surface area contributed by atoms with E-state index in [1.54, 1.807) is 31.2 Å². The summed E-state index contributed by atoms with van der Waals surface area (Å²) in [5, 5.41) is 3.23. The monoisotopic (exact) mass is 603 g/mol. The number of sulfonamides is 1. The summed E-state index contributed by atoms with van der Waals surface area (Å²) >= 11 is 5.98. The van der Waals surface area contributed by atoms with Crippen LogP contribution in [0.4, 0.5) is 10.1 Å². The predicted octanol–water partition coefficient (Wildman–Crippen LogP) is 5.41. The van der Waals surface area contributed by atoms with E-state index in [2.05, 4.69) is 5.32 Å². The zero-order valence-corrected chi connectivity index (χ0v) is 25.1. The van der Waals surface area contributed by atoms with Gasteiger partial charge in [0, 0.05) is 17.6 Å². The number of nitrogens with zero attached hydrogens (tertiary/aromatic N) is 2. The fraction of sp³-hybridized carbons (Fsp3) is 0.333. The van der Waals surface area contributed by atoms with Crippen molar-refractivity contribution in [3.05, 3.63) is 89.2 Å². The fourth-order valence-electron chi connectivity index (χ4n) is 3.97. The maximum atomic E-state index is 13.9. The molecule has 0 aliphatic heterocycles. The molecular formula is C30H35ClFN3O5S. The van der Waals surface area contributed by atoms with Crippen molar-refractivity contribution in [1.82, 2.24) is 10.2 Å². The Bertz CT molecular complexity index is 1420. The summed E-state index contributed by atoms with van der Waals surface area (Å²) in [5.41, 5.74) is 0.811. The number of rotatable bonds is 13. The molecule has 0 bridgehead atoms. The molecule has 0 spiro atoms. The second-order valence-electron chi connectivity index (χ2n) is 9.53. The summed E-state index contributed by atoms with van der Waals surface area (Å²) in [4.78, 5) is 28.2. The lowest BCUT2D eigenvalue weighted by atomic mass is 10.1. The van der Waals surface area contributed by atoms with Gasteiger partial charge in [-0.25, -0.2) is 12.8 Å². The summed E-state index contributed by atoms with van der Waals surface area (Å²) in [5.74, 6) is -0.903. The number of anilines is 1. The molecule has 8 nitrogen and oxygen atoms in total. The number of carbonyl (C=O) groups is 2. The lowest BCUT2D eigenvalue weighted by Gasteiger charge is -2.32. The number of amides is 2. The lowest BCUT2D eigenvalue weighted by molar-refractivity contribution is -0.139. The number of hydrogen-bond acceptors (Lipinski definition) is 5. The van der Waals surface area contributed by atoms with Crippen molar-refractivity contribution >= 4 is 39.1 Å². The number of nitrogens with one attached hydrogen (secondary N) is 1. The van der Waals surface area contributed by atoms with Gasteiger partial charge in [0.15, 0.2) is 0 Å². The van der Waals surface area contributed by atoms with Crippen LogP contribution in [0.5, 0.6) is 5.75 Å². The highest BCUT2D eigenvalue weighted by Gasteiger charge is 2.32. The van der Waals surface area contributed by atoms with Gasteiger partial charge >= 0.3 is 0 Å². The van der Waals surface area contributed by atoms with Crippen molar-refractivity contribution < 1.29 is 27.1 Å². The Morgan fingerprint density at radius 1 is 0.951 bits per heavy atom. The highest BCUT2D eigenvalue weighted by Crippen LogP contribution is 2.27. The molecule has 0 fully saturated rings. The van der Waals surface area contributed by atoms with Gasteiger partial charge in [0.25, 0.3) is 10.0 Å². The third kappa shape index (κ3) is 8.43. The minimum Gasteiger partial charge on any atom is -0.494 e. The van der Waals surface area contributed by atoms with Crippen LogP contribution in [0.1, 0.15) is 39.7 Å². The first-order valence-corrected chi connectivity index (χ1v) is 15.1. The maximum Gasteiger partial charge on any atom is 0.264 e. The van der Waals surface area contributed by atoms with Crippen LogP contribution in [0.25, 0.3) is 0 Å². The van der Waals surface area contributed by atoms with E-state index in [0.29, 0.717) is 29.4 Å². The molecule has 2 amide bonds. The van der Waals surface area contributed by atoms with Crippen molar-refractivity contribution in [2.24, 2.45) is 0 Å². The Hall–Kier alpha value is -3.63. The number of halogens is 2. The highest BCUT2D eigenvalue weighted by molar-refractivity contribution is 7.92. The van der Waals surface area contributed by atoms with Gasteiger partial charge in [0.05, 0.1) is 17.2 Å². The van der Waals surface area contributed by atoms with Crippen molar-refractivity contribution in [3.63, 3.8) is 0 Å². The van der Waals surface area contributed by atoms with Gasteiger partial charge in [-0.3, -0.25) is 13.9 Å². The Balaban J connectivity index is 2.02. The average Bonchev–Trinajstić information content (AvgIpc) is 2.95. The van der Waals surface area contributed by atoms with E-state index in [9.17, 15) is 22.4 Å². The van der Waals surface area contributed by atoms with Crippen molar-refractivity contribution in [2.45, 2.75) is 57.6 Å². The molecule has 220 valence electrons. The summed E-state index contributed by atoms with van der Waals surface area (Å²) in [6.45, 7) is 6.98. The van der Waals surface area contributed by atoms with Crippen LogP contribution >= 0.6 is 11.6 Å². The largest absolute Gasteiger partial charge is 0.494 e. The van der Waals surface area contributed by atoms with Gasteiger partial charge in [-0.05, 0) is 93.4 Å². The van der Waals surface area contributed by atoms with E-state index in [1.807, 2.05) is 20.8 Å². The predicted molar refractivity (Wildman–Crippen MR) is 158 cm³/mol. The summed E-state index contributed by atoms with van der Waals surface area (Å²) < 4.78 is 47.8. The van der Waals surface area contributed by atoms with E-state index >= 15 is 0 Å². The first-order chi connectivity index (χ1) is 19.5. The quantitative estimate of drug-likeness (QED) is 0.282. The fourth-order valence-corrected chi connectivity index (χ4v) is 5.51. The van der Waals surface area contributed by atoms with Crippen molar-refractivity contribution in [3.8, 4) is 5.75 Å². The second kappa shape index (κ2) is 14.3. The van der Waals surface area contributed by atoms with Gasteiger partial charge in [-0.15, -0.1) is 0 Å². The van der Waals surface area contributed by atoms with Crippen LogP contribution in [0.3, 0.4) is 0 Å². The van der Waals surface area contributed by atoms with Crippen LogP contribution < -0.4 is 14.4 Å².